The fourth-order valence-corrected chi connectivity index (χ4v) is 0.943. The third-order valence-corrected chi connectivity index (χ3v) is 1.78. The summed E-state index contributed by atoms with van der Waals surface area (Å²) in [6.07, 6.45) is 1.03. The van der Waals surface area contributed by atoms with Gasteiger partial charge in [-0.2, -0.15) is 0 Å². The van der Waals surface area contributed by atoms with Crippen LogP contribution in [0, 0.1) is 11.7 Å². The number of hydrogen-bond acceptors (Lipinski definition) is 1. The number of hydrogen-bond donors (Lipinski definition) is 0. The zero-order valence-electron chi connectivity index (χ0n) is 8.09. The Morgan fingerprint density at radius 3 is 2.38 bits per heavy atom. The van der Waals surface area contributed by atoms with Crippen LogP contribution in [0.15, 0.2) is 24.3 Å². The van der Waals surface area contributed by atoms with Gasteiger partial charge in [-0.05, 0) is 36.6 Å². The molecule has 72 valence electrons. The zero-order valence-corrected chi connectivity index (χ0v) is 8.09. The molecule has 1 nitrogen and oxygen atoms in total. The first-order valence-corrected chi connectivity index (χ1v) is 4.57. The average molecular weight is 182 g/mol. The van der Waals surface area contributed by atoms with Gasteiger partial charge in [0, 0.05) is 0 Å². The Hall–Kier alpha value is -1.05. The fourth-order valence-electron chi connectivity index (χ4n) is 0.943. The van der Waals surface area contributed by atoms with Crippen molar-refractivity contribution in [1.82, 2.24) is 0 Å². The van der Waals surface area contributed by atoms with Crippen molar-refractivity contribution in [2.75, 3.05) is 6.61 Å². The lowest BCUT2D eigenvalue weighted by Gasteiger charge is -2.07. The van der Waals surface area contributed by atoms with Gasteiger partial charge in [0.25, 0.3) is 0 Å². The van der Waals surface area contributed by atoms with E-state index in [1.165, 1.54) is 12.1 Å². The molecule has 0 aliphatic heterocycles. The second-order valence-electron chi connectivity index (χ2n) is 3.48. The van der Waals surface area contributed by atoms with Crippen LogP contribution in [0.5, 0.6) is 5.75 Å². The summed E-state index contributed by atoms with van der Waals surface area (Å²) in [4.78, 5) is 0. The standard InChI is InChI=1S/C11H15FO/c1-9(2)7-8-13-11-5-3-10(12)4-6-11/h3-6,9H,7-8H2,1-2H3. The van der Waals surface area contributed by atoms with Crippen molar-refractivity contribution in [1.29, 1.82) is 0 Å². The van der Waals surface area contributed by atoms with E-state index in [2.05, 4.69) is 13.8 Å². The molecule has 0 bridgehead atoms. The van der Waals surface area contributed by atoms with Gasteiger partial charge in [-0.3, -0.25) is 0 Å². The van der Waals surface area contributed by atoms with Crippen LogP contribution in [0.2, 0.25) is 0 Å². The van der Waals surface area contributed by atoms with Gasteiger partial charge in [0.2, 0.25) is 0 Å². The Balaban J connectivity index is 2.33. The molecule has 0 heterocycles. The van der Waals surface area contributed by atoms with Gasteiger partial charge in [0.1, 0.15) is 11.6 Å². The summed E-state index contributed by atoms with van der Waals surface area (Å²) < 4.78 is 17.9. The van der Waals surface area contributed by atoms with Gasteiger partial charge in [-0.15, -0.1) is 0 Å². The summed E-state index contributed by atoms with van der Waals surface area (Å²) in [6.45, 7) is 4.99. The molecular weight excluding hydrogens is 167 g/mol. The molecule has 0 aromatic heterocycles. The minimum absolute atomic E-state index is 0.226. The maximum Gasteiger partial charge on any atom is 0.123 e. The predicted molar refractivity (Wildman–Crippen MR) is 51.4 cm³/mol. The van der Waals surface area contributed by atoms with Crippen LogP contribution in [-0.2, 0) is 0 Å². The third-order valence-electron chi connectivity index (χ3n) is 1.78. The molecule has 0 amide bonds. The fraction of sp³-hybridized carbons (Fsp3) is 0.455. The molecule has 0 fully saturated rings. The maximum absolute atomic E-state index is 12.5. The summed E-state index contributed by atoms with van der Waals surface area (Å²) in [5.41, 5.74) is 0. The first-order valence-electron chi connectivity index (χ1n) is 4.57. The van der Waals surface area contributed by atoms with Crippen LogP contribution >= 0.6 is 0 Å². The molecule has 1 aromatic carbocycles. The number of halogens is 1. The molecular formula is C11H15FO. The Morgan fingerprint density at radius 1 is 1.23 bits per heavy atom. The SMILES string of the molecule is CC(C)CCOc1ccc(F)cc1. The van der Waals surface area contributed by atoms with Crippen molar-refractivity contribution in [3.63, 3.8) is 0 Å². The zero-order chi connectivity index (χ0) is 9.68. The van der Waals surface area contributed by atoms with Crippen LogP contribution < -0.4 is 4.74 Å². The van der Waals surface area contributed by atoms with E-state index in [1.807, 2.05) is 0 Å². The molecule has 0 unspecified atom stereocenters. The molecule has 1 aromatic rings. The van der Waals surface area contributed by atoms with Crippen molar-refractivity contribution in [3.05, 3.63) is 30.1 Å². The van der Waals surface area contributed by atoms with E-state index in [-0.39, 0.29) is 5.82 Å². The number of rotatable bonds is 4. The summed E-state index contributed by atoms with van der Waals surface area (Å²) in [5.74, 6) is 1.15. The lowest BCUT2D eigenvalue weighted by Crippen LogP contribution is -2.01. The Bertz CT molecular complexity index is 241. The minimum atomic E-state index is -0.226. The van der Waals surface area contributed by atoms with Crippen molar-refractivity contribution < 1.29 is 9.13 Å². The summed E-state index contributed by atoms with van der Waals surface area (Å²) >= 11 is 0. The molecule has 0 N–H and O–H groups in total. The van der Waals surface area contributed by atoms with Gasteiger partial charge in [0.05, 0.1) is 6.61 Å². The Morgan fingerprint density at radius 2 is 1.85 bits per heavy atom. The number of ether oxygens (including phenoxy) is 1. The van der Waals surface area contributed by atoms with Crippen molar-refractivity contribution in [2.24, 2.45) is 5.92 Å². The van der Waals surface area contributed by atoms with Crippen LogP contribution in [0.1, 0.15) is 20.3 Å². The maximum atomic E-state index is 12.5. The highest BCUT2D eigenvalue weighted by molar-refractivity contribution is 5.21. The highest BCUT2D eigenvalue weighted by Crippen LogP contribution is 2.12. The van der Waals surface area contributed by atoms with E-state index >= 15 is 0 Å². The van der Waals surface area contributed by atoms with Gasteiger partial charge in [-0.25, -0.2) is 4.39 Å². The lowest BCUT2D eigenvalue weighted by molar-refractivity contribution is 0.289. The van der Waals surface area contributed by atoms with Gasteiger partial charge in [-0.1, -0.05) is 13.8 Å². The highest BCUT2D eigenvalue weighted by atomic mass is 19.1. The van der Waals surface area contributed by atoms with Crippen LogP contribution in [0.25, 0.3) is 0 Å². The van der Waals surface area contributed by atoms with E-state index in [0.717, 1.165) is 12.2 Å². The second-order valence-corrected chi connectivity index (χ2v) is 3.48. The molecule has 2 heteroatoms. The van der Waals surface area contributed by atoms with Gasteiger partial charge in [0.15, 0.2) is 0 Å². The quantitative estimate of drug-likeness (QED) is 0.694. The van der Waals surface area contributed by atoms with Crippen molar-refractivity contribution in [3.8, 4) is 5.75 Å². The Labute approximate surface area is 78.5 Å². The summed E-state index contributed by atoms with van der Waals surface area (Å²) in [7, 11) is 0. The van der Waals surface area contributed by atoms with Crippen LogP contribution in [-0.4, -0.2) is 6.61 Å². The van der Waals surface area contributed by atoms with E-state index < -0.39 is 0 Å². The smallest absolute Gasteiger partial charge is 0.123 e. The first kappa shape index (κ1) is 10.0. The van der Waals surface area contributed by atoms with Gasteiger partial charge >= 0.3 is 0 Å². The Kier molecular flexibility index (Phi) is 3.74. The molecule has 0 aliphatic carbocycles. The van der Waals surface area contributed by atoms with E-state index in [0.29, 0.717) is 12.5 Å². The molecule has 0 saturated heterocycles. The average Bonchev–Trinajstić information content (AvgIpc) is 2.08. The molecule has 0 aliphatic rings. The van der Waals surface area contributed by atoms with Crippen LogP contribution in [0.3, 0.4) is 0 Å². The van der Waals surface area contributed by atoms with Crippen molar-refractivity contribution in [2.45, 2.75) is 20.3 Å². The molecule has 0 radical (unpaired) electrons. The van der Waals surface area contributed by atoms with E-state index in [4.69, 9.17) is 4.74 Å². The third kappa shape index (κ3) is 3.92. The van der Waals surface area contributed by atoms with Gasteiger partial charge < -0.3 is 4.74 Å². The lowest BCUT2D eigenvalue weighted by atomic mass is 10.1. The predicted octanol–water partition coefficient (Wildman–Crippen LogP) is 3.25. The largest absolute Gasteiger partial charge is 0.494 e. The highest BCUT2D eigenvalue weighted by Gasteiger charge is 1.96. The number of benzene rings is 1. The topological polar surface area (TPSA) is 9.23 Å². The summed E-state index contributed by atoms with van der Waals surface area (Å²) in [5, 5.41) is 0. The first-order chi connectivity index (χ1) is 6.18. The molecule has 13 heavy (non-hydrogen) atoms. The van der Waals surface area contributed by atoms with E-state index in [9.17, 15) is 4.39 Å². The molecule has 0 atom stereocenters. The van der Waals surface area contributed by atoms with Crippen molar-refractivity contribution >= 4 is 0 Å². The monoisotopic (exact) mass is 182 g/mol. The summed E-state index contributed by atoms with van der Waals surface area (Å²) in [6, 6.07) is 6.11. The molecule has 1 rings (SSSR count). The van der Waals surface area contributed by atoms with E-state index in [1.54, 1.807) is 12.1 Å². The van der Waals surface area contributed by atoms with Crippen LogP contribution in [0.4, 0.5) is 4.39 Å². The second kappa shape index (κ2) is 4.85. The minimum Gasteiger partial charge on any atom is -0.494 e. The molecule has 0 spiro atoms. The molecule has 0 saturated carbocycles. The normalized spacial score (nSPS) is 10.5.